The number of nitrogens with two attached hydrogens (primary N) is 2. The summed E-state index contributed by atoms with van der Waals surface area (Å²) in [4.78, 5) is 0. The Bertz CT molecular complexity index is 577. The van der Waals surface area contributed by atoms with Gasteiger partial charge in [0.2, 0.25) is 5.96 Å². The number of hydrogen-bond donors (Lipinski definition) is 2. The van der Waals surface area contributed by atoms with Crippen molar-refractivity contribution in [2.75, 3.05) is 0 Å². The third-order valence-corrected chi connectivity index (χ3v) is 2.32. The van der Waals surface area contributed by atoms with Gasteiger partial charge in [-0.15, -0.1) is 5.10 Å². The van der Waals surface area contributed by atoms with Gasteiger partial charge in [-0.25, -0.2) is 0 Å². The molecule has 5 heteroatoms. The van der Waals surface area contributed by atoms with E-state index in [-0.39, 0.29) is 5.96 Å². The standard InChI is InChI=1S/C13H14N4O/c1-9-2-7-12(18-9)11-5-3-10(4-6-11)8-16-17-13(14)15/h2-8H,1H3,(H4,14,15,17). The Morgan fingerprint density at radius 3 is 2.39 bits per heavy atom. The van der Waals surface area contributed by atoms with E-state index < -0.39 is 0 Å². The van der Waals surface area contributed by atoms with E-state index in [1.54, 1.807) is 6.21 Å². The highest BCUT2D eigenvalue weighted by Crippen LogP contribution is 2.21. The van der Waals surface area contributed by atoms with Gasteiger partial charge in [0, 0.05) is 5.56 Å². The monoisotopic (exact) mass is 242 g/mol. The van der Waals surface area contributed by atoms with Gasteiger partial charge in [-0.3, -0.25) is 0 Å². The summed E-state index contributed by atoms with van der Waals surface area (Å²) in [7, 11) is 0. The van der Waals surface area contributed by atoms with Crippen LogP contribution in [0.4, 0.5) is 0 Å². The highest BCUT2D eigenvalue weighted by atomic mass is 16.3. The van der Waals surface area contributed by atoms with Crippen LogP contribution in [0.3, 0.4) is 0 Å². The molecule has 0 bridgehead atoms. The molecule has 0 aliphatic rings. The lowest BCUT2D eigenvalue weighted by molar-refractivity contribution is 0.548. The number of benzene rings is 1. The quantitative estimate of drug-likeness (QED) is 0.489. The molecule has 0 amide bonds. The lowest BCUT2D eigenvalue weighted by atomic mass is 10.1. The van der Waals surface area contributed by atoms with E-state index in [1.165, 1.54) is 0 Å². The van der Waals surface area contributed by atoms with Gasteiger partial charge >= 0.3 is 0 Å². The Labute approximate surface area is 105 Å². The Hall–Kier alpha value is -2.56. The van der Waals surface area contributed by atoms with Crippen LogP contribution in [0.5, 0.6) is 0 Å². The number of nitrogens with zero attached hydrogens (tertiary/aromatic N) is 2. The summed E-state index contributed by atoms with van der Waals surface area (Å²) in [6.07, 6.45) is 1.58. The Morgan fingerprint density at radius 1 is 1.11 bits per heavy atom. The van der Waals surface area contributed by atoms with Gasteiger partial charge in [-0.2, -0.15) is 5.10 Å². The lowest BCUT2D eigenvalue weighted by Crippen LogP contribution is -2.21. The molecule has 1 heterocycles. The van der Waals surface area contributed by atoms with Crippen LogP contribution in [-0.2, 0) is 0 Å². The zero-order valence-electron chi connectivity index (χ0n) is 10.00. The van der Waals surface area contributed by atoms with Crippen molar-refractivity contribution < 1.29 is 4.42 Å². The molecule has 5 nitrogen and oxygen atoms in total. The molecule has 0 aliphatic heterocycles. The average Bonchev–Trinajstić information content (AvgIpc) is 2.76. The Kier molecular flexibility index (Phi) is 3.43. The van der Waals surface area contributed by atoms with Gasteiger partial charge in [0.25, 0.3) is 0 Å². The summed E-state index contributed by atoms with van der Waals surface area (Å²) < 4.78 is 5.53. The lowest BCUT2D eigenvalue weighted by Gasteiger charge is -1.97. The number of hydrogen-bond acceptors (Lipinski definition) is 3. The molecule has 2 rings (SSSR count). The molecular formula is C13H14N4O. The predicted molar refractivity (Wildman–Crippen MR) is 72.3 cm³/mol. The van der Waals surface area contributed by atoms with E-state index in [0.29, 0.717) is 0 Å². The molecule has 1 aromatic carbocycles. The van der Waals surface area contributed by atoms with E-state index in [9.17, 15) is 0 Å². The summed E-state index contributed by atoms with van der Waals surface area (Å²) in [5.41, 5.74) is 12.2. The molecule has 0 unspecified atom stereocenters. The highest BCUT2D eigenvalue weighted by Gasteiger charge is 2.01. The van der Waals surface area contributed by atoms with Crippen molar-refractivity contribution in [2.45, 2.75) is 6.92 Å². The minimum Gasteiger partial charge on any atom is -0.461 e. The maximum atomic E-state index is 5.53. The summed E-state index contributed by atoms with van der Waals surface area (Å²) in [6.45, 7) is 1.92. The molecule has 0 saturated carbocycles. The number of aryl methyl sites for hydroxylation is 1. The molecule has 0 spiro atoms. The fraction of sp³-hybridized carbons (Fsp3) is 0.0769. The van der Waals surface area contributed by atoms with Gasteiger partial charge in [0.15, 0.2) is 0 Å². The minimum absolute atomic E-state index is 0.0612. The molecule has 0 aliphatic carbocycles. The van der Waals surface area contributed by atoms with E-state index in [4.69, 9.17) is 15.9 Å². The molecule has 0 radical (unpaired) electrons. The zero-order chi connectivity index (χ0) is 13.0. The molecule has 1 aromatic heterocycles. The summed E-state index contributed by atoms with van der Waals surface area (Å²) in [5, 5.41) is 7.26. The van der Waals surface area contributed by atoms with Gasteiger partial charge in [-0.05, 0) is 24.6 Å². The third-order valence-electron chi connectivity index (χ3n) is 2.32. The molecule has 18 heavy (non-hydrogen) atoms. The van der Waals surface area contributed by atoms with Crippen LogP contribution in [0.2, 0.25) is 0 Å². The van der Waals surface area contributed by atoms with Crippen LogP contribution in [0.25, 0.3) is 11.3 Å². The zero-order valence-corrected chi connectivity index (χ0v) is 10.00. The molecular weight excluding hydrogens is 228 g/mol. The van der Waals surface area contributed by atoms with Gasteiger partial charge in [-0.1, -0.05) is 24.3 Å². The summed E-state index contributed by atoms with van der Waals surface area (Å²) in [6, 6.07) is 11.6. The maximum absolute atomic E-state index is 5.53. The fourth-order valence-electron chi connectivity index (χ4n) is 1.49. The van der Waals surface area contributed by atoms with Crippen LogP contribution in [0.1, 0.15) is 11.3 Å². The van der Waals surface area contributed by atoms with Crippen molar-refractivity contribution in [2.24, 2.45) is 21.7 Å². The normalized spacial score (nSPS) is 10.7. The van der Waals surface area contributed by atoms with Crippen LogP contribution in [0.15, 0.2) is 51.0 Å². The van der Waals surface area contributed by atoms with Crippen molar-refractivity contribution in [1.29, 1.82) is 0 Å². The van der Waals surface area contributed by atoms with Crippen molar-refractivity contribution in [1.82, 2.24) is 0 Å². The Morgan fingerprint density at radius 2 is 1.83 bits per heavy atom. The van der Waals surface area contributed by atoms with Gasteiger partial charge in [0.05, 0.1) is 6.21 Å². The van der Waals surface area contributed by atoms with E-state index in [2.05, 4.69) is 10.2 Å². The first-order chi connectivity index (χ1) is 8.65. The van der Waals surface area contributed by atoms with E-state index >= 15 is 0 Å². The van der Waals surface area contributed by atoms with Gasteiger partial charge in [0.1, 0.15) is 11.5 Å². The van der Waals surface area contributed by atoms with E-state index in [0.717, 1.165) is 22.6 Å². The number of guanidine groups is 1. The van der Waals surface area contributed by atoms with Crippen molar-refractivity contribution >= 4 is 12.2 Å². The van der Waals surface area contributed by atoms with Crippen LogP contribution in [0, 0.1) is 6.92 Å². The topological polar surface area (TPSA) is 89.9 Å². The first-order valence-electron chi connectivity index (χ1n) is 5.44. The molecule has 0 fully saturated rings. The minimum atomic E-state index is -0.0612. The first-order valence-corrected chi connectivity index (χ1v) is 5.44. The van der Waals surface area contributed by atoms with Crippen molar-refractivity contribution in [3.63, 3.8) is 0 Å². The second-order valence-corrected chi connectivity index (χ2v) is 3.80. The Balaban J connectivity index is 2.15. The highest BCUT2D eigenvalue weighted by molar-refractivity contribution is 5.82. The number of rotatable bonds is 3. The maximum Gasteiger partial charge on any atom is 0.211 e. The van der Waals surface area contributed by atoms with E-state index in [1.807, 2.05) is 43.3 Å². The summed E-state index contributed by atoms with van der Waals surface area (Å²) >= 11 is 0. The summed E-state index contributed by atoms with van der Waals surface area (Å²) in [5.74, 6) is 1.68. The molecule has 0 atom stereocenters. The smallest absolute Gasteiger partial charge is 0.211 e. The molecule has 2 aromatic rings. The molecule has 92 valence electrons. The van der Waals surface area contributed by atoms with Gasteiger partial charge < -0.3 is 15.9 Å². The van der Waals surface area contributed by atoms with Crippen LogP contribution in [-0.4, -0.2) is 12.2 Å². The first kappa shape index (κ1) is 11.9. The second kappa shape index (κ2) is 5.18. The SMILES string of the molecule is Cc1ccc(-c2ccc(C=NN=C(N)N)cc2)o1. The molecule has 0 saturated heterocycles. The molecule has 4 N–H and O–H groups in total. The van der Waals surface area contributed by atoms with Crippen LogP contribution < -0.4 is 11.5 Å². The van der Waals surface area contributed by atoms with Crippen LogP contribution >= 0.6 is 0 Å². The van der Waals surface area contributed by atoms with Crippen molar-refractivity contribution in [3.8, 4) is 11.3 Å². The van der Waals surface area contributed by atoms with Crippen molar-refractivity contribution in [3.05, 3.63) is 47.7 Å². The third kappa shape index (κ3) is 2.98. The number of furan rings is 1. The fourth-order valence-corrected chi connectivity index (χ4v) is 1.49. The predicted octanol–water partition coefficient (Wildman–Crippen LogP) is 1.86. The largest absolute Gasteiger partial charge is 0.461 e. The average molecular weight is 242 g/mol. The second-order valence-electron chi connectivity index (χ2n) is 3.80.